The summed E-state index contributed by atoms with van der Waals surface area (Å²) in [6.45, 7) is 1.96. The smallest absolute Gasteiger partial charge is 0.327 e. The second kappa shape index (κ2) is 9.73. The zero-order valence-electron chi connectivity index (χ0n) is 12.0. The molecule has 0 aliphatic rings. The summed E-state index contributed by atoms with van der Waals surface area (Å²) < 4.78 is 0. The van der Waals surface area contributed by atoms with Gasteiger partial charge in [-0.1, -0.05) is 37.3 Å². The summed E-state index contributed by atoms with van der Waals surface area (Å²) in [4.78, 5) is 23.4. The third-order valence-electron chi connectivity index (χ3n) is 3.02. The molecule has 0 heterocycles. The van der Waals surface area contributed by atoms with Crippen LogP contribution < -0.4 is 5.32 Å². The second-order valence-electron chi connectivity index (χ2n) is 4.63. The minimum Gasteiger partial charge on any atom is -0.480 e. The number of hydrogen-bond acceptors (Lipinski definition) is 4. The Labute approximate surface area is 135 Å². The number of hydrogen-bond donors (Lipinski definition) is 3. The summed E-state index contributed by atoms with van der Waals surface area (Å²) in [6.07, 6.45) is 0.559. The van der Waals surface area contributed by atoms with Crippen molar-refractivity contribution in [2.75, 3.05) is 17.3 Å². The van der Waals surface area contributed by atoms with Gasteiger partial charge in [0.2, 0.25) is 5.91 Å². The third kappa shape index (κ3) is 6.44. The topological polar surface area (TPSA) is 66.4 Å². The number of carbonyl (C=O) groups excluding carboxylic acids is 1. The average Bonchev–Trinajstić information content (AvgIpc) is 2.49. The molecule has 0 fully saturated rings. The number of thioether (sulfide) groups is 1. The van der Waals surface area contributed by atoms with Crippen LogP contribution in [0.5, 0.6) is 0 Å². The third-order valence-corrected chi connectivity index (χ3v) is 4.44. The lowest BCUT2D eigenvalue weighted by Crippen LogP contribution is -2.46. The van der Waals surface area contributed by atoms with E-state index in [9.17, 15) is 9.59 Å². The van der Waals surface area contributed by atoms with Gasteiger partial charge >= 0.3 is 5.97 Å². The summed E-state index contributed by atoms with van der Waals surface area (Å²) in [6, 6.07) is 8.81. The molecule has 116 valence electrons. The summed E-state index contributed by atoms with van der Waals surface area (Å²) in [5, 5.41) is 11.8. The lowest BCUT2D eigenvalue weighted by Gasteiger charge is -2.19. The number of thiol groups is 1. The fourth-order valence-corrected chi connectivity index (χ4v) is 2.83. The SMILES string of the molecule is CCSC[C@@H](NC(=O)[C@@H](CS)Cc1ccccc1)C(=O)O. The Morgan fingerprint density at radius 2 is 2.00 bits per heavy atom. The van der Waals surface area contributed by atoms with Crippen molar-refractivity contribution in [2.45, 2.75) is 19.4 Å². The number of carbonyl (C=O) groups is 2. The van der Waals surface area contributed by atoms with Crippen molar-refractivity contribution in [1.82, 2.24) is 5.32 Å². The first-order chi connectivity index (χ1) is 10.1. The molecule has 0 aliphatic heterocycles. The predicted octanol–water partition coefficient (Wildman–Crippen LogP) is 2.10. The highest BCUT2D eigenvalue weighted by Gasteiger charge is 2.24. The maximum absolute atomic E-state index is 12.2. The van der Waals surface area contributed by atoms with Crippen molar-refractivity contribution in [1.29, 1.82) is 0 Å². The van der Waals surface area contributed by atoms with Crippen molar-refractivity contribution in [2.24, 2.45) is 5.92 Å². The number of amides is 1. The molecule has 0 bridgehead atoms. The number of carboxylic acids is 1. The first kappa shape index (κ1) is 17.9. The molecule has 1 rings (SSSR count). The lowest BCUT2D eigenvalue weighted by atomic mass is 10.00. The van der Waals surface area contributed by atoms with Gasteiger partial charge in [0, 0.05) is 11.5 Å². The van der Waals surface area contributed by atoms with Gasteiger partial charge in [-0.2, -0.15) is 24.4 Å². The van der Waals surface area contributed by atoms with E-state index in [2.05, 4.69) is 17.9 Å². The van der Waals surface area contributed by atoms with Gasteiger partial charge in [-0.15, -0.1) is 0 Å². The van der Waals surface area contributed by atoms with Gasteiger partial charge < -0.3 is 10.4 Å². The van der Waals surface area contributed by atoms with Crippen LogP contribution in [-0.4, -0.2) is 40.3 Å². The van der Waals surface area contributed by atoms with E-state index in [0.29, 0.717) is 17.9 Å². The van der Waals surface area contributed by atoms with Crippen LogP contribution in [0, 0.1) is 5.92 Å². The van der Waals surface area contributed by atoms with Crippen molar-refractivity contribution in [3.8, 4) is 0 Å². The molecule has 2 atom stereocenters. The Kier molecular flexibility index (Phi) is 8.30. The van der Waals surface area contributed by atoms with E-state index >= 15 is 0 Å². The van der Waals surface area contributed by atoms with E-state index in [1.54, 1.807) is 0 Å². The van der Waals surface area contributed by atoms with Crippen molar-refractivity contribution in [3.05, 3.63) is 35.9 Å². The first-order valence-corrected chi connectivity index (χ1v) is 8.62. The molecule has 2 N–H and O–H groups in total. The molecule has 1 amide bonds. The summed E-state index contributed by atoms with van der Waals surface area (Å²) in [5.41, 5.74) is 1.04. The molecule has 0 aromatic heterocycles. The van der Waals surface area contributed by atoms with Gasteiger partial charge in [0.1, 0.15) is 6.04 Å². The van der Waals surface area contributed by atoms with Crippen LogP contribution in [-0.2, 0) is 16.0 Å². The van der Waals surface area contributed by atoms with Crippen LogP contribution in [0.1, 0.15) is 12.5 Å². The second-order valence-corrected chi connectivity index (χ2v) is 6.31. The van der Waals surface area contributed by atoms with Crippen LogP contribution in [0.25, 0.3) is 0 Å². The van der Waals surface area contributed by atoms with Gasteiger partial charge in [-0.3, -0.25) is 4.79 Å². The Morgan fingerprint density at radius 1 is 1.33 bits per heavy atom. The van der Waals surface area contributed by atoms with Crippen LogP contribution in [0.3, 0.4) is 0 Å². The van der Waals surface area contributed by atoms with Gasteiger partial charge in [0.25, 0.3) is 0 Å². The van der Waals surface area contributed by atoms with Gasteiger partial charge in [-0.25, -0.2) is 4.79 Å². The summed E-state index contributed by atoms with van der Waals surface area (Å²) in [5.74, 6) is -0.000327. The molecule has 1 aromatic rings. The zero-order valence-corrected chi connectivity index (χ0v) is 13.7. The van der Waals surface area contributed by atoms with Crippen molar-refractivity contribution in [3.63, 3.8) is 0 Å². The minimum atomic E-state index is -0.998. The Balaban J connectivity index is 2.62. The molecule has 21 heavy (non-hydrogen) atoms. The number of aliphatic carboxylic acids is 1. The summed E-state index contributed by atoms with van der Waals surface area (Å²) >= 11 is 5.71. The number of nitrogens with one attached hydrogen (secondary N) is 1. The van der Waals surface area contributed by atoms with Crippen LogP contribution in [0.2, 0.25) is 0 Å². The van der Waals surface area contributed by atoms with E-state index in [0.717, 1.165) is 11.3 Å². The molecule has 0 spiro atoms. The number of benzene rings is 1. The number of carboxylic acid groups (broad SMARTS) is 1. The van der Waals surface area contributed by atoms with Crippen LogP contribution >= 0.6 is 24.4 Å². The largest absolute Gasteiger partial charge is 0.480 e. The maximum atomic E-state index is 12.2. The van der Waals surface area contributed by atoms with E-state index in [-0.39, 0.29) is 11.8 Å². The Morgan fingerprint density at radius 3 is 2.52 bits per heavy atom. The van der Waals surface area contributed by atoms with Gasteiger partial charge in [0.05, 0.1) is 5.92 Å². The van der Waals surface area contributed by atoms with Gasteiger partial charge in [0.15, 0.2) is 0 Å². The fourth-order valence-electron chi connectivity index (χ4n) is 1.84. The molecule has 0 unspecified atom stereocenters. The normalized spacial score (nSPS) is 13.4. The molecular formula is C15H21NO3S2. The maximum Gasteiger partial charge on any atom is 0.327 e. The Hall–Kier alpha value is -1.14. The molecule has 6 heteroatoms. The fraction of sp³-hybridized carbons (Fsp3) is 0.467. The van der Waals surface area contributed by atoms with Crippen LogP contribution in [0.4, 0.5) is 0 Å². The van der Waals surface area contributed by atoms with E-state index in [1.165, 1.54) is 11.8 Å². The van der Waals surface area contributed by atoms with E-state index in [4.69, 9.17) is 5.11 Å². The molecule has 0 saturated heterocycles. The average molecular weight is 327 g/mol. The lowest BCUT2D eigenvalue weighted by molar-refractivity contribution is -0.141. The van der Waals surface area contributed by atoms with E-state index in [1.807, 2.05) is 37.3 Å². The molecule has 4 nitrogen and oxygen atoms in total. The van der Waals surface area contributed by atoms with Gasteiger partial charge in [-0.05, 0) is 17.7 Å². The zero-order chi connectivity index (χ0) is 15.7. The monoisotopic (exact) mass is 327 g/mol. The predicted molar refractivity (Wildman–Crippen MR) is 90.1 cm³/mol. The highest BCUT2D eigenvalue weighted by Crippen LogP contribution is 2.12. The highest BCUT2D eigenvalue weighted by molar-refractivity contribution is 7.99. The number of rotatable bonds is 9. The van der Waals surface area contributed by atoms with Crippen molar-refractivity contribution >= 4 is 36.3 Å². The highest BCUT2D eigenvalue weighted by atomic mass is 32.2. The molecule has 0 saturated carbocycles. The van der Waals surface area contributed by atoms with Crippen LogP contribution in [0.15, 0.2) is 30.3 Å². The minimum absolute atomic E-state index is 0.252. The van der Waals surface area contributed by atoms with E-state index < -0.39 is 12.0 Å². The molecule has 0 radical (unpaired) electrons. The molecule has 0 aliphatic carbocycles. The Bertz CT molecular complexity index is 453. The van der Waals surface area contributed by atoms with Crippen molar-refractivity contribution < 1.29 is 14.7 Å². The first-order valence-electron chi connectivity index (χ1n) is 6.84. The quantitative estimate of drug-likeness (QED) is 0.608. The molecular weight excluding hydrogens is 306 g/mol. The standard InChI is InChI=1S/C15H21NO3S2/c1-2-21-10-13(15(18)19)16-14(17)12(9-20)8-11-6-4-3-5-7-11/h3-7,12-13,20H,2,8-10H2,1H3,(H,16,17)(H,18,19)/t12-,13-/m1/s1. The summed E-state index contributed by atoms with van der Waals surface area (Å²) in [7, 11) is 0. The molecule has 1 aromatic carbocycles.